The lowest BCUT2D eigenvalue weighted by atomic mass is 10.1. The van der Waals surface area contributed by atoms with Crippen LogP contribution in [-0.4, -0.2) is 30.1 Å². The van der Waals surface area contributed by atoms with Crippen molar-refractivity contribution < 1.29 is 4.79 Å². The second-order valence-electron chi connectivity index (χ2n) is 5.92. The van der Waals surface area contributed by atoms with Gasteiger partial charge in [-0.15, -0.1) is 0 Å². The zero-order chi connectivity index (χ0) is 17.1. The maximum absolute atomic E-state index is 11.9. The highest BCUT2D eigenvalue weighted by molar-refractivity contribution is 5.74. The highest BCUT2D eigenvalue weighted by atomic mass is 16.2. The van der Waals surface area contributed by atoms with Crippen LogP contribution in [0.5, 0.6) is 0 Å². The molecule has 2 amide bonds. The first-order valence-corrected chi connectivity index (χ1v) is 8.84. The Morgan fingerprint density at radius 1 is 1.22 bits per heavy atom. The SMILES string of the molecule is CCCCCC(C)NC(=O)NCc1ccc(N(CC)CC)nc1. The third-order valence-electron chi connectivity index (χ3n) is 3.97. The summed E-state index contributed by atoms with van der Waals surface area (Å²) in [5.41, 5.74) is 1.01. The van der Waals surface area contributed by atoms with Gasteiger partial charge in [0.2, 0.25) is 0 Å². The molecule has 0 saturated carbocycles. The van der Waals surface area contributed by atoms with Gasteiger partial charge in [0, 0.05) is 31.9 Å². The van der Waals surface area contributed by atoms with Gasteiger partial charge < -0.3 is 15.5 Å². The fraction of sp³-hybridized carbons (Fsp3) is 0.667. The van der Waals surface area contributed by atoms with Crippen LogP contribution in [0.2, 0.25) is 0 Å². The summed E-state index contributed by atoms with van der Waals surface area (Å²) in [6.07, 6.45) is 6.45. The topological polar surface area (TPSA) is 57.3 Å². The number of unbranched alkanes of at least 4 members (excludes halogenated alkanes) is 2. The van der Waals surface area contributed by atoms with Crippen LogP contribution in [0.15, 0.2) is 18.3 Å². The number of nitrogens with one attached hydrogen (secondary N) is 2. The Kier molecular flexibility index (Phi) is 9.10. The molecule has 0 aliphatic carbocycles. The Balaban J connectivity index is 2.35. The molecule has 130 valence electrons. The van der Waals surface area contributed by atoms with Crippen molar-refractivity contribution in [3.05, 3.63) is 23.9 Å². The van der Waals surface area contributed by atoms with Crippen LogP contribution in [0.1, 0.15) is 58.9 Å². The van der Waals surface area contributed by atoms with E-state index in [9.17, 15) is 4.79 Å². The molecule has 5 nitrogen and oxygen atoms in total. The number of pyridine rings is 1. The number of anilines is 1. The Hall–Kier alpha value is -1.78. The van der Waals surface area contributed by atoms with Gasteiger partial charge in [-0.05, 0) is 38.8 Å². The van der Waals surface area contributed by atoms with E-state index in [4.69, 9.17) is 0 Å². The quantitative estimate of drug-likeness (QED) is 0.646. The van der Waals surface area contributed by atoms with Crippen LogP contribution in [0, 0.1) is 0 Å². The highest BCUT2D eigenvalue weighted by Gasteiger charge is 2.07. The van der Waals surface area contributed by atoms with Gasteiger partial charge in [-0.2, -0.15) is 0 Å². The molecule has 0 aliphatic rings. The third-order valence-corrected chi connectivity index (χ3v) is 3.97. The molecule has 0 aromatic carbocycles. The fourth-order valence-electron chi connectivity index (χ4n) is 2.49. The number of carbonyl (C=O) groups excluding carboxylic acids is 1. The van der Waals surface area contributed by atoms with Gasteiger partial charge in [-0.25, -0.2) is 9.78 Å². The van der Waals surface area contributed by atoms with E-state index in [0.717, 1.165) is 37.3 Å². The molecule has 0 saturated heterocycles. The number of urea groups is 1. The summed E-state index contributed by atoms with van der Waals surface area (Å²) in [5, 5.41) is 5.87. The van der Waals surface area contributed by atoms with Crippen molar-refractivity contribution >= 4 is 11.8 Å². The molecule has 5 heteroatoms. The standard InChI is InChI=1S/C18H32N4O/c1-5-8-9-10-15(4)21-18(23)20-14-16-11-12-17(19-13-16)22(6-2)7-3/h11-13,15H,5-10,14H2,1-4H3,(H2,20,21,23). The third kappa shape index (κ3) is 7.35. The van der Waals surface area contributed by atoms with E-state index in [1.165, 1.54) is 12.8 Å². The predicted octanol–water partition coefficient (Wildman–Crippen LogP) is 3.70. The Morgan fingerprint density at radius 3 is 2.52 bits per heavy atom. The van der Waals surface area contributed by atoms with E-state index >= 15 is 0 Å². The molecule has 0 aliphatic heterocycles. The lowest BCUT2D eigenvalue weighted by molar-refractivity contribution is 0.236. The Morgan fingerprint density at radius 2 is 1.96 bits per heavy atom. The summed E-state index contributed by atoms with van der Waals surface area (Å²) >= 11 is 0. The van der Waals surface area contributed by atoms with Crippen LogP contribution >= 0.6 is 0 Å². The smallest absolute Gasteiger partial charge is 0.315 e. The zero-order valence-electron chi connectivity index (χ0n) is 15.1. The maximum Gasteiger partial charge on any atom is 0.315 e. The first-order valence-electron chi connectivity index (χ1n) is 8.84. The second-order valence-corrected chi connectivity index (χ2v) is 5.92. The second kappa shape index (κ2) is 10.9. The Labute approximate surface area is 140 Å². The molecule has 0 spiro atoms. The lowest BCUT2D eigenvalue weighted by Gasteiger charge is -2.19. The molecular weight excluding hydrogens is 288 g/mol. The number of hydrogen-bond donors (Lipinski definition) is 2. The average molecular weight is 320 g/mol. The van der Waals surface area contributed by atoms with Gasteiger partial charge in [-0.1, -0.05) is 32.3 Å². The molecule has 1 aromatic heterocycles. The Bertz CT molecular complexity index is 443. The van der Waals surface area contributed by atoms with E-state index in [1.54, 1.807) is 0 Å². The number of carbonyl (C=O) groups is 1. The van der Waals surface area contributed by atoms with Gasteiger partial charge in [0.1, 0.15) is 5.82 Å². The first-order chi connectivity index (χ1) is 11.1. The van der Waals surface area contributed by atoms with E-state index < -0.39 is 0 Å². The average Bonchev–Trinajstić information content (AvgIpc) is 2.55. The number of hydrogen-bond acceptors (Lipinski definition) is 3. The molecule has 1 heterocycles. The van der Waals surface area contributed by atoms with Crippen LogP contribution < -0.4 is 15.5 Å². The summed E-state index contributed by atoms with van der Waals surface area (Å²) in [5.74, 6) is 0.979. The van der Waals surface area contributed by atoms with E-state index in [0.29, 0.717) is 6.54 Å². The minimum absolute atomic E-state index is 0.109. The predicted molar refractivity (Wildman–Crippen MR) is 96.8 cm³/mol. The van der Waals surface area contributed by atoms with Crippen molar-refractivity contribution in [1.82, 2.24) is 15.6 Å². The van der Waals surface area contributed by atoms with Gasteiger partial charge in [-0.3, -0.25) is 0 Å². The van der Waals surface area contributed by atoms with Crippen LogP contribution in [0.25, 0.3) is 0 Å². The monoisotopic (exact) mass is 320 g/mol. The van der Waals surface area contributed by atoms with Crippen LogP contribution in [0.4, 0.5) is 10.6 Å². The molecular formula is C18H32N4O. The summed E-state index contributed by atoms with van der Waals surface area (Å²) in [7, 11) is 0. The number of rotatable bonds is 10. The van der Waals surface area contributed by atoms with E-state index in [2.05, 4.69) is 48.2 Å². The van der Waals surface area contributed by atoms with Crippen molar-refractivity contribution in [2.45, 2.75) is 66.0 Å². The fourth-order valence-corrected chi connectivity index (χ4v) is 2.49. The highest BCUT2D eigenvalue weighted by Crippen LogP contribution is 2.10. The van der Waals surface area contributed by atoms with Crippen molar-refractivity contribution in [1.29, 1.82) is 0 Å². The van der Waals surface area contributed by atoms with Gasteiger partial charge in [0.15, 0.2) is 0 Å². The van der Waals surface area contributed by atoms with Crippen molar-refractivity contribution in [2.75, 3.05) is 18.0 Å². The van der Waals surface area contributed by atoms with Crippen molar-refractivity contribution in [3.63, 3.8) is 0 Å². The largest absolute Gasteiger partial charge is 0.357 e. The molecule has 0 fully saturated rings. The van der Waals surface area contributed by atoms with Gasteiger partial charge in [0.25, 0.3) is 0 Å². The van der Waals surface area contributed by atoms with E-state index in [1.807, 2.05) is 18.3 Å². The normalized spacial score (nSPS) is 11.8. The first kappa shape index (κ1) is 19.3. The van der Waals surface area contributed by atoms with Gasteiger partial charge >= 0.3 is 6.03 Å². The molecule has 1 rings (SSSR count). The number of amides is 2. The summed E-state index contributed by atoms with van der Waals surface area (Å²) in [6, 6.07) is 4.13. The lowest BCUT2D eigenvalue weighted by Crippen LogP contribution is -2.40. The van der Waals surface area contributed by atoms with Crippen molar-refractivity contribution in [2.24, 2.45) is 0 Å². The molecule has 1 unspecified atom stereocenters. The summed E-state index contributed by atoms with van der Waals surface area (Å²) in [4.78, 5) is 18.5. The summed E-state index contributed by atoms with van der Waals surface area (Å²) in [6.45, 7) is 10.9. The maximum atomic E-state index is 11.9. The van der Waals surface area contributed by atoms with Crippen LogP contribution in [-0.2, 0) is 6.54 Å². The molecule has 1 atom stereocenters. The van der Waals surface area contributed by atoms with Crippen molar-refractivity contribution in [3.8, 4) is 0 Å². The number of nitrogens with zero attached hydrogens (tertiary/aromatic N) is 2. The molecule has 0 radical (unpaired) electrons. The molecule has 1 aromatic rings. The summed E-state index contributed by atoms with van der Waals surface area (Å²) < 4.78 is 0. The minimum atomic E-state index is -0.109. The minimum Gasteiger partial charge on any atom is -0.357 e. The molecule has 0 bridgehead atoms. The molecule has 2 N–H and O–H groups in total. The van der Waals surface area contributed by atoms with Gasteiger partial charge in [0.05, 0.1) is 0 Å². The number of aromatic nitrogens is 1. The van der Waals surface area contributed by atoms with E-state index in [-0.39, 0.29) is 12.1 Å². The zero-order valence-corrected chi connectivity index (χ0v) is 15.1. The molecule has 23 heavy (non-hydrogen) atoms. The van der Waals surface area contributed by atoms with Crippen LogP contribution in [0.3, 0.4) is 0 Å².